The maximum absolute atomic E-state index is 5.54. The number of rotatable bonds is 6. The molecular weight excluding hydrogens is 334 g/mol. The van der Waals surface area contributed by atoms with Crippen molar-refractivity contribution < 1.29 is 9.47 Å². The molecule has 0 atom stereocenters. The minimum absolute atomic E-state index is 0.198. The van der Waals surface area contributed by atoms with Crippen LogP contribution in [0.5, 0.6) is 0 Å². The van der Waals surface area contributed by atoms with Gasteiger partial charge < -0.3 is 14.8 Å². The highest BCUT2D eigenvalue weighted by Gasteiger charge is 2.17. The molecule has 3 heteroatoms. The van der Waals surface area contributed by atoms with E-state index < -0.39 is 0 Å². The molecule has 0 spiro atoms. The van der Waals surface area contributed by atoms with Crippen molar-refractivity contribution >= 4 is 0 Å². The lowest BCUT2D eigenvalue weighted by atomic mass is 9.99. The number of nitrogens with one attached hydrogen (secondary N) is 1. The Bertz CT molecular complexity index is 883. The standard InChI is InChI=1S/C24H25NO2/c1-18-5-2-3-8-23(18)22-7-4-6-20(15-22)17-25-16-19-9-11-21(12-10-19)24-26-13-14-27-24/h2-12,15,24-25H,13-14,16-17H2,1H3. The van der Waals surface area contributed by atoms with E-state index in [1.807, 2.05) is 0 Å². The first-order valence-corrected chi connectivity index (χ1v) is 9.47. The second kappa shape index (κ2) is 8.49. The summed E-state index contributed by atoms with van der Waals surface area (Å²) < 4.78 is 11.1. The van der Waals surface area contributed by atoms with Crippen LogP contribution in [-0.4, -0.2) is 13.2 Å². The Morgan fingerprint density at radius 1 is 0.815 bits per heavy atom. The van der Waals surface area contributed by atoms with Gasteiger partial charge in [0.2, 0.25) is 0 Å². The summed E-state index contributed by atoms with van der Waals surface area (Å²) in [6.45, 7) is 5.19. The molecule has 1 saturated heterocycles. The van der Waals surface area contributed by atoms with Crippen LogP contribution in [0, 0.1) is 6.92 Å². The molecule has 1 aliphatic rings. The molecule has 138 valence electrons. The quantitative estimate of drug-likeness (QED) is 0.672. The van der Waals surface area contributed by atoms with Crippen molar-refractivity contribution in [3.63, 3.8) is 0 Å². The molecule has 0 saturated carbocycles. The van der Waals surface area contributed by atoms with Crippen LogP contribution in [0.1, 0.15) is 28.5 Å². The van der Waals surface area contributed by atoms with Gasteiger partial charge in [-0.1, -0.05) is 66.7 Å². The Morgan fingerprint density at radius 3 is 2.33 bits per heavy atom. The molecule has 0 radical (unpaired) electrons. The fourth-order valence-corrected chi connectivity index (χ4v) is 3.44. The summed E-state index contributed by atoms with van der Waals surface area (Å²) in [6.07, 6.45) is -0.198. The third-order valence-corrected chi connectivity index (χ3v) is 4.91. The van der Waals surface area contributed by atoms with Gasteiger partial charge in [-0.2, -0.15) is 0 Å². The Morgan fingerprint density at radius 2 is 1.56 bits per heavy atom. The lowest BCUT2D eigenvalue weighted by Gasteiger charge is -2.11. The van der Waals surface area contributed by atoms with E-state index in [4.69, 9.17) is 9.47 Å². The minimum atomic E-state index is -0.198. The van der Waals surface area contributed by atoms with E-state index in [9.17, 15) is 0 Å². The maximum Gasteiger partial charge on any atom is 0.184 e. The highest BCUT2D eigenvalue weighted by Crippen LogP contribution is 2.24. The highest BCUT2D eigenvalue weighted by atomic mass is 16.7. The second-order valence-electron chi connectivity index (χ2n) is 6.93. The SMILES string of the molecule is Cc1ccccc1-c1cccc(CNCc2ccc(C3OCCO3)cc2)c1. The van der Waals surface area contributed by atoms with Gasteiger partial charge in [0.1, 0.15) is 0 Å². The smallest absolute Gasteiger partial charge is 0.184 e. The number of hydrogen-bond acceptors (Lipinski definition) is 3. The summed E-state index contributed by atoms with van der Waals surface area (Å²) >= 11 is 0. The van der Waals surface area contributed by atoms with Gasteiger partial charge in [0, 0.05) is 18.7 Å². The molecule has 3 aromatic rings. The topological polar surface area (TPSA) is 30.5 Å². The van der Waals surface area contributed by atoms with Gasteiger partial charge in [0.15, 0.2) is 6.29 Å². The van der Waals surface area contributed by atoms with Gasteiger partial charge in [-0.25, -0.2) is 0 Å². The van der Waals surface area contributed by atoms with Crippen molar-refractivity contribution in [2.45, 2.75) is 26.3 Å². The third-order valence-electron chi connectivity index (χ3n) is 4.91. The lowest BCUT2D eigenvalue weighted by molar-refractivity contribution is -0.0441. The van der Waals surface area contributed by atoms with Gasteiger partial charge in [0.05, 0.1) is 13.2 Å². The summed E-state index contributed by atoms with van der Waals surface area (Å²) in [5.41, 5.74) is 7.51. The monoisotopic (exact) mass is 359 g/mol. The van der Waals surface area contributed by atoms with Gasteiger partial charge >= 0.3 is 0 Å². The van der Waals surface area contributed by atoms with Crippen LogP contribution < -0.4 is 5.32 Å². The Hall–Kier alpha value is -2.46. The van der Waals surface area contributed by atoms with Crippen LogP contribution in [0.3, 0.4) is 0 Å². The molecule has 0 unspecified atom stereocenters. The first kappa shape index (κ1) is 17.9. The van der Waals surface area contributed by atoms with Crippen LogP contribution in [0.4, 0.5) is 0 Å². The summed E-state index contributed by atoms with van der Waals surface area (Å²) in [5, 5.41) is 3.54. The first-order chi connectivity index (χ1) is 13.3. The van der Waals surface area contributed by atoms with Crippen molar-refractivity contribution in [3.05, 3.63) is 95.1 Å². The number of benzene rings is 3. The van der Waals surface area contributed by atoms with Crippen molar-refractivity contribution in [1.82, 2.24) is 5.32 Å². The number of ether oxygens (including phenoxy) is 2. The van der Waals surface area contributed by atoms with Crippen LogP contribution in [0.15, 0.2) is 72.8 Å². The van der Waals surface area contributed by atoms with Gasteiger partial charge in [-0.3, -0.25) is 0 Å². The highest BCUT2D eigenvalue weighted by molar-refractivity contribution is 5.67. The van der Waals surface area contributed by atoms with Crippen molar-refractivity contribution in [3.8, 4) is 11.1 Å². The minimum Gasteiger partial charge on any atom is -0.346 e. The molecule has 0 amide bonds. The fourth-order valence-electron chi connectivity index (χ4n) is 3.44. The molecule has 3 aromatic carbocycles. The molecule has 0 bridgehead atoms. The molecular formula is C24H25NO2. The van der Waals surface area contributed by atoms with Crippen molar-refractivity contribution in [1.29, 1.82) is 0 Å². The predicted molar refractivity (Wildman–Crippen MR) is 108 cm³/mol. The molecule has 0 aliphatic carbocycles. The molecule has 27 heavy (non-hydrogen) atoms. The van der Waals surface area contributed by atoms with E-state index in [0.29, 0.717) is 13.2 Å². The Kier molecular flexibility index (Phi) is 5.64. The largest absolute Gasteiger partial charge is 0.346 e. The van der Waals surface area contributed by atoms with Gasteiger partial charge in [0.25, 0.3) is 0 Å². The maximum atomic E-state index is 5.54. The molecule has 0 aromatic heterocycles. The molecule has 1 heterocycles. The second-order valence-corrected chi connectivity index (χ2v) is 6.93. The fraction of sp³-hybridized carbons (Fsp3) is 0.250. The zero-order valence-corrected chi connectivity index (χ0v) is 15.7. The van der Waals surface area contributed by atoms with E-state index in [-0.39, 0.29) is 6.29 Å². The summed E-state index contributed by atoms with van der Waals surface area (Å²) in [5.74, 6) is 0. The summed E-state index contributed by atoms with van der Waals surface area (Å²) in [4.78, 5) is 0. The zero-order valence-electron chi connectivity index (χ0n) is 15.7. The lowest BCUT2D eigenvalue weighted by Crippen LogP contribution is -2.12. The Balaban J connectivity index is 1.35. The molecule has 4 rings (SSSR count). The van der Waals surface area contributed by atoms with Gasteiger partial charge in [-0.05, 0) is 40.8 Å². The van der Waals surface area contributed by atoms with Crippen LogP contribution >= 0.6 is 0 Å². The third kappa shape index (κ3) is 4.45. The first-order valence-electron chi connectivity index (χ1n) is 9.47. The Labute approximate surface area is 161 Å². The molecule has 1 fully saturated rings. The number of hydrogen-bond donors (Lipinski definition) is 1. The molecule has 3 nitrogen and oxygen atoms in total. The molecule has 1 N–H and O–H groups in total. The number of aryl methyl sites for hydroxylation is 1. The average molecular weight is 359 g/mol. The summed E-state index contributed by atoms with van der Waals surface area (Å²) in [6, 6.07) is 25.7. The van der Waals surface area contributed by atoms with E-state index in [0.717, 1.165) is 18.7 Å². The summed E-state index contributed by atoms with van der Waals surface area (Å²) in [7, 11) is 0. The van der Waals surface area contributed by atoms with Crippen molar-refractivity contribution in [2.75, 3.05) is 13.2 Å². The zero-order chi connectivity index (χ0) is 18.5. The van der Waals surface area contributed by atoms with Crippen LogP contribution in [0.25, 0.3) is 11.1 Å². The van der Waals surface area contributed by atoms with Crippen LogP contribution in [-0.2, 0) is 22.6 Å². The van der Waals surface area contributed by atoms with E-state index in [1.54, 1.807) is 0 Å². The van der Waals surface area contributed by atoms with E-state index >= 15 is 0 Å². The van der Waals surface area contributed by atoms with E-state index in [1.165, 1.54) is 27.8 Å². The van der Waals surface area contributed by atoms with Gasteiger partial charge in [-0.15, -0.1) is 0 Å². The predicted octanol–water partition coefficient (Wildman–Crippen LogP) is 5.00. The van der Waals surface area contributed by atoms with Crippen molar-refractivity contribution in [2.24, 2.45) is 0 Å². The molecule has 1 aliphatic heterocycles. The van der Waals surface area contributed by atoms with Crippen LogP contribution in [0.2, 0.25) is 0 Å². The average Bonchev–Trinajstić information content (AvgIpc) is 3.24. The van der Waals surface area contributed by atoms with E-state index in [2.05, 4.69) is 85.0 Å². The normalized spacial score (nSPS) is 14.6.